The average molecular weight is 200 g/mol. The Morgan fingerprint density at radius 3 is 2.50 bits per heavy atom. The van der Waals surface area contributed by atoms with E-state index in [1.165, 1.54) is 12.4 Å². The molecular formula is C9H10F2N2O. The van der Waals surface area contributed by atoms with Gasteiger partial charge in [0.2, 0.25) is 5.95 Å². The van der Waals surface area contributed by atoms with Gasteiger partial charge < -0.3 is 4.74 Å². The molecule has 76 valence electrons. The molecule has 0 atom stereocenters. The van der Waals surface area contributed by atoms with Gasteiger partial charge in [-0.05, 0) is 0 Å². The minimum atomic E-state index is -1.71. The van der Waals surface area contributed by atoms with Crippen LogP contribution in [0.5, 0.6) is 0 Å². The SMILES string of the molecule is Fc1nccnc1C1(F)CCOCC1. The van der Waals surface area contributed by atoms with Crippen LogP contribution < -0.4 is 0 Å². The van der Waals surface area contributed by atoms with Crippen molar-refractivity contribution in [2.75, 3.05) is 13.2 Å². The average Bonchev–Trinajstić information content (AvgIpc) is 2.19. The number of halogens is 2. The lowest BCUT2D eigenvalue weighted by Gasteiger charge is -2.28. The lowest BCUT2D eigenvalue weighted by molar-refractivity contribution is -0.0162. The third-order valence-electron chi connectivity index (χ3n) is 2.36. The Kier molecular flexibility index (Phi) is 2.41. The highest BCUT2D eigenvalue weighted by Gasteiger charge is 2.38. The van der Waals surface area contributed by atoms with Crippen molar-refractivity contribution in [1.82, 2.24) is 9.97 Å². The maximum absolute atomic E-state index is 14.1. The van der Waals surface area contributed by atoms with Crippen molar-refractivity contribution in [2.24, 2.45) is 0 Å². The molecule has 5 heteroatoms. The Labute approximate surface area is 80.1 Å². The van der Waals surface area contributed by atoms with Crippen LogP contribution in [-0.4, -0.2) is 23.2 Å². The fraction of sp³-hybridized carbons (Fsp3) is 0.556. The molecule has 3 nitrogen and oxygen atoms in total. The van der Waals surface area contributed by atoms with Crippen LogP contribution in [0.15, 0.2) is 12.4 Å². The first kappa shape index (κ1) is 9.45. The van der Waals surface area contributed by atoms with Crippen LogP contribution >= 0.6 is 0 Å². The van der Waals surface area contributed by atoms with E-state index in [9.17, 15) is 8.78 Å². The fourth-order valence-corrected chi connectivity index (χ4v) is 1.55. The van der Waals surface area contributed by atoms with Gasteiger partial charge in [-0.3, -0.25) is 4.98 Å². The van der Waals surface area contributed by atoms with E-state index in [4.69, 9.17) is 4.74 Å². The predicted octanol–water partition coefficient (Wildman–Crippen LogP) is 1.59. The van der Waals surface area contributed by atoms with Crippen molar-refractivity contribution < 1.29 is 13.5 Å². The van der Waals surface area contributed by atoms with Crippen molar-refractivity contribution in [1.29, 1.82) is 0 Å². The smallest absolute Gasteiger partial charge is 0.237 e. The molecule has 1 aromatic heterocycles. The first-order chi connectivity index (χ1) is 6.72. The van der Waals surface area contributed by atoms with E-state index in [2.05, 4.69) is 9.97 Å². The third kappa shape index (κ3) is 1.59. The number of nitrogens with zero attached hydrogens (tertiary/aromatic N) is 2. The summed E-state index contributed by atoms with van der Waals surface area (Å²) in [5, 5.41) is 0. The summed E-state index contributed by atoms with van der Waals surface area (Å²) in [7, 11) is 0. The monoisotopic (exact) mass is 200 g/mol. The summed E-state index contributed by atoms with van der Waals surface area (Å²) in [5.74, 6) is -0.822. The standard InChI is InChI=1S/C9H10F2N2O/c10-8-7(12-3-4-13-8)9(11)1-5-14-6-2-9/h3-4H,1-2,5-6H2. The van der Waals surface area contributed by atoms with E-state index in [1.54, 1.807) is 0 Å². The summed E-state index contributed by atoms with van der Waals surface area (Å²) < 4.78 is 32.3. The van der Waals surface area contributed by atoms with Crippen LogP contribution in [0.1, 0.15) is 18.5 Å². The lowest BCUT2D eigenvalue weighted by atomic mass is 9.93. The van der Waals surface area contributed by atoms with Crippen LogP contribution in [0, 0.1) is 5.95 Å². The van der Waals surface area contributed by atoms with Gasteiger partial charge in [0.1, 0.15) is 5.69 Å². The van der Waals surface area contributed by atoms with E-state index in [1.807, 2.05) is 0 Å². The third-order valence-corrected chi connectivity index (χ3v) is 2.36. The number of hydrogen-bond acceptors (Lipinski definition) is 3. The number of aromatic nitrogens is 2. The highest BCUT2D eigenvalue weighted by molar-refractivity contribution is 5.11. The molecule has 1 saturated heterocycles. The zero-order valence-corrected chi connectivity index (χ0v) is 7.54. The molecule has 0 radical (unpaired) electrons. The van der Waals surface area contributed by atoms with Gasteiger partial charge >= 0.3 is 0 Å². The molecule has 0 saturated carbocycles. The second-order valence-electron chi connectivity index (χ2n) is 3.27. The van der Waals surface area contributed by atoms with Crippen LogP contribution in [0.25, 0.3) is 0 Å². The van der Waals surface area contributed by atoms with Crippen LogP contribution in [0.2, 0.25) is 0 Å². The molecule has 1 fully saturated rings. The number of rotatable bonds is 1. The zero-order chi connectivity index (χ0) is 10.0. The van der Waals surface area contributed by atoms with Gasteiger partial charge in [0, 0.05) is 25.2 Å². The molecular weight excluding hydrogens is 190 g/mol. The molecule has 0 amide bonds. The summed E-state index contributed by atoms with van der Waals surface area (Å²) in [6.45, 7) is 0.596. The Hall–Kier alpha value is -1.10. The van der Waals surface area contributed by atoms with E-state index >= 15 is 0 Å². The van der Waals surface area contributed by atoms with E-state index in [0.29, 0.717) is 13.2 Å². The lowest BCUT2D eigenvalue weighted by Crippen LogP contribution is -2.31. The van der Waals surface area contributed by atoms with E-state index in [-0.39, 0.29) is 18.5 Å². The minimum absolute atomic E-state index is 0.141. The highest BCUT2D eigenvalue weighted by Crippen LogP contribution is 2.35. The van der Waals surface area contributed by atoms with E-state index in [0.717, 1.165) is 0 Å². The molecule has 0 spiro atoms. The van der Waals surface area contributed by atoms with Crippen LogP contribution in [-0.2, 0) is 10.4 Å². The number of ether oxygens (including phenoxy) is 1. The molecule has 2 heterocycles. The Bertz CT molecular complexity index is 326. The largest absolute Gasteiger partial charge is 0.381 e. The summed E-state index contributed by atoms with van der Waals surface area (Å²) in [4.78, 5) is 7.10. The summed E-state index contributed by atoms with van der Waals surface area (Å²) in [6.07, 6.45) is 2.79. The number of hydrogen-bond donors (Lipinski definition) is 0. The zero-order valence-electron chi connectivity index (χ0n) is 7.54. The molecule has 0 aromatic carbocycles. The molecule has 0 unspecified atom stereocenters. The molecule has 2 rings (SSSR count). The Morgan fingerprint density at radius 1 is 1.21 bits per heavy atom. The molecule has 1 aliphatic heterocycles. The minimum Gasteiger partial charge on any atom is -0.381 e. The van der Waals surface area contributed by atoms with Crippen molar-refractivity contribution in [2.45, 2.75) is 18.5 Å². The van der Waals surface area contributed by atoms with Gasteiger partial charge in [0.15, 0.2) is 5.67 Å². The van der Waals surface area contributed by atoms with Gasteiger partial charge in [0.05, 0.1) is 13.2 Å². The summed E-state index contributed by atoms with van der Waals surface area (Å²) in [5.41, 5.74) is -1.90. The van der Waals surface area contributed by atoms with Crippen LogP contribution in [0.3, 0.4) is 0 Å². The molecule has 0 aliphatic carbocycles. The summed E-state index contributed by atoms with van der Waals surface area (Å²) >= 11 is 0. The Morgan fingerprint density at radius 2 is 1.86 bits per heavy atom. The second-order valence-corrected chi connectivity index (χ2v) is 3.27. The summed E-state index contributed by atoms with van der Waals surface area (Å²) in [6, 6.07) is 0. The molecule has 1 aromatic rings. The Balaban J connectivity index is 2.32. The van der Waals surface area contributed by atoms with Crippen molar-refractivity contribution in [3.8, 4) is 0 Å². The maximum Gasteiger partial charge on any atom is 0.237 e. The normalized spacial score (nSPS) is 20.7. The van der Waals surface area contributed by atoms with Crippen molar-refractivity contribution >= 4 is 0 Å². The van der Waals surface area contributed by atoms with E-state index < -0.39 is 11.6 Å². The first-order valence-corrected chi connectivity index (χ1v) is 4.46. The first-order valence-electron chi connectivity index (χ1n) is 4.46. The molecule has 0 bridgehead atoms. The number of alkyl halides is 1. The molecule has 1 aliphatic rings. The fourth-order valence-electron chi connectivity index (χ4n) is 1.55. The quantitative estimate of drug-likeness (QED) is 0.690. The highest BCUT2D eigenvalue weighted by atomic mass is 19.1. The van der Waals surface area contributed by atoms with Gasteiger partial charge in [-0.2, -0.15) is 4.39 Å². The van der Waals surface area contributed by atoms with Gasteiger partial charge in [-0.15, -0.1) is 0 Å². The molecule has 0 N–H and O–H groups in total. The van der Waals surface area contributed by atoms with Gasteiger partial charge in [-0.25, -0.2) is 9.37 Å². The topological polar surface area (TPSA) is 35.0 Å². The van der Waals surface area contributed by atoms with Crippen molar-refractivity contribution in [3.63, 3.8) is 0 Å². The van der Waals surface area contributed by atoms with Crippen molar-refractivity contribution in [3.05, 3.63) is 24.0 Å². The molecule has 14 heavy (non-hydrogen) atoms. The maximum atomic E-state index is 14.1. The van der Waals surface area contributed by atoms with Crippen LogP contribution in [0.4, 0.5) is 8.78 Å². The predicted molar refractivity (Wildman–Crippen MR) is 44.8 cm³/mol. The van der Waals surface area contributed by atoms with Gasteiger partial charge in [-0.1, -0.05) is 0 Å². The van der Waals surface area contributed by atoms with Gasteiger partial charge in [0.25, 0.3) is 0 Å². The second kappa shape index (κ2) is 3.57.